The van der Waals surface area contributed by atoms with E-state index in [9.17, 15) is 9.59 Å². The van der Waals surface area contributed by atoms with Crippen molar-refractivity contribution in [2.45, 2.75) is 66.6 Å². The van der Waals surface area contributed by atoms with Crippen molar-refractivity contribution in [2.24, 2.45) is 0 Å². The van der Waals surface area contributed by atoms with Gasteiger partial charge >= 0.3 is 0 Å². The molecule has 0 saturated carbocycles. The van der Waals surface area contributed by atoms with Crippen LogP contribution >= 0.6 is 23.2 Å². The summed E-state index contributed by atoms with van der Waals surface area (Å²) in [6, 6.07) is 8.34. The lowest BCUT2D eigenvalue weighted by Gasteiger charge is -2.31. The van der Waals surface area contributed by atoms with Gasteiger partial charge in [0.2, 0.25) is 5.91 Å². The predicted molar refractivity (Wildman–Crippen MR) is 131 cm³/mol. The number of carbonyl (C=O) groups excluding carboxylic acids is 2. The van der Waals surface area contributed by atoms with Crippen LogP contribution in [0.4, 0.5) is 0 Å². The van der Waals surface area contributed by atoms with Crippen molar-refractivity contribution in [3.63, 3.8) is 0 Å². The molecule has 32 heavy (non-hydrogen) atoms. The number of hydrogen-bond donors (Lipinski definition) is 1. The van der Waals surface area contributed by atoms with Crippen molar-refractivity contribution in [1.82, 2.24) is 10.2 Å². The van der Waals surface area contributed by atoms with Crippen LogP contribution in [0.25, 0.3) is 0 Å². The third kappa shape index (κ3) is 7.14. The number of amides is 2. The molecule has 2 aromatic rings. The van der Waals surface area contributed by atoms with Crippen molar-refractivity contribution < 1.29 is 14.3 Å². The molecule has 0 aliphatic rings. The van der Waals surface area contributed by atoms with Gasteiger partial charge in [-0.1, -0.05) is 35.3 Å². The van der Waals surface area contributed by atoms with E-state index in [1.165, 1.54) is 4.90 Å². The number of halogens is 2. The Balaban J connectivity index is 2.28. The summed E-state index contributed by atoms with van der Waals surface area (Å²) in [6.07, 6.45) is 0. The normalized spacial score (nSPS) is 12.3. The molecule has 0 bridgehead atoms. The summed E-state index contributed by atoms with van der Waals surface area (Å²) in [5, 5.41) is 3.87. The zero-order chi connectivity index (χ0) is 24.2. The molecular weight excluding hydrogens is 447 g/mol. The fourth-order valence-corrected chi connectivity index (χ4v) is 3.73. The SMILES string of the molecule is Cc1cc(C)c(C)c(OCC(=O)N(Cc2ccc(Cl)cc2Cl)[C@@H](C)C(=O)NC(C)(C)C)c1. The molecule has 1 N–H and O–H groups in total. The van der Waals surface area contributed by atoms with Crippen molar-refractivity contribution in [1.29, 1.82) is 0 Å². The van der Waals surface area contributed by atoms with Gasteiger partial charge < -0.3 is 15.0 Å². The topological polar surface area (TPSA) is 58.6 Å². The summed E-state index contributed by atoms with van der Waals surface area (Å²) in [4.78, 5) is 27.6. The molecule has 0 spiro atoms. The second-order valence-electron chi connectivity index (χ2n) is 9.17. The van der Waals surface area contributed by atoms with E-state index in [0.29, 0.717) is 21.4 Å². The Morgan fingerprint density at radius 1 is 1.09 bits per heavy atom. The van der Waals surface area contributed by atoms with Crippen LogP contribution in [0.1, 0.15) is 49.9 Å². The zero-order valence-corrected chi connectivity index (χ0v) is 21.3. The maximum absolute atomic E-state index is 13.2. The molecule has 0 unspecified atom stereocenters. The van der Waals surface area contributed by atoms with E-state index in [2.05, 4.69) is 11.4 Å². The van der Waals surface area contributed by atoms with Gasteiger partial charge in [0.15, 0.2) is 6.61 Å². The monoisotopic (exact) mass is 478 g/mol. The van der Waals surface area contributed by atoms with Gasteiger partial charge in [0.1, 0.15) is 11.8 Å². The molecule has 0 aromatic heterocycles. The number of nitrogens with one attached hydrogen (secondary N) is 1. The van der Waals surface area contributed by atoms with Crippen LogP contribution < -0.4 is 10.1 Å². The average Bonchev–Trinajstić information content (AvgIpc) is 2.67. The van der Waals surface area contributed by atoms with Crippen LogP contribution in [-0.2, 0) is 16.1 Å². The maximum Gasteiger partial charge on any atom is 0.261 e. The number of benzene rings is 2. The van der Waals surface area contributed by atoms with Gasteiger partial charge in [-0.2, -0.15) is 0 Å². The molecule has 0 aliphatic carbocycles. The Hall–Kier alpha value is -2.24. The Bertz CT molecular complexity index is 999. The van der Waals surface area contributed by atoms with Gasteiger partial charge in [-0.25, -0.2) is 0 Å². The highest BCUT2D eigenvalue weighted by molar-refractivity contribution is 6.35. The fraction of sp³-hybridized carbons (Fsp3) is 0.440. The number of rotatable bonds is 7. The van der Waals surface area contributed by atoms with Gasteiger partial charge in [0.05, 0.1) is 0 Å². The number of aryl methyl sites for hydroxylation is 2. The Morgan fingerprint density at radius 2 is 1.75 bits per heavy atom. The van der Waals surface area contributed by atoms with E-state index in [-0.39, 0.29) is 25.0 Å². The highest BCUT2D eigenvalue weighted by Gasteiger charge is 2.29. The lowest BCUT2D eigenvalue weighted by molar-refractivity contribution is -0.142. The van der Waals surface area contributed by atoms with Gasteiger partial charge in [-0.05, 0) is 88.9 Å². The van der Waals surface area contributed by atoms with Gasteiger partial charge in [-0.3, -0.25) is 9.59 Å². The minimum Gasteiger partial charge on any atom is -0.483 e. The highest BCUT2D eigenvalue weighted by atomic mass is 35.5. The van der Waals surface area contributed by atoms with Crippen LogP contribution in [0.3, 0.4) is 0 Å². The van der Waals surface area contributed by atoms with Crippen LogP contribution in [0.2, 0.25) is 10.0 Å². The molecule has 0 aliphatic heterocycles. The molecule has 2 amide bonds. The molecule has 174 valence electrons. The smallest absolute Gasteiger partial charge is 0.261 e. The molecule has 0 heterocycles. The van der Waals surface area contributed by atoms with Crippen LogP contribution in [0.5, 0.6) is 5.75 Å². The van der Waals surface area contributed by atoms with Gasteiger partial charge in [0.25, 0.3) is 5.91 Å². The van der Waals surface area contributed by atoms with E-state index in [1.807, 2.05) is 47.6 Å². The summed E-state index contributed by atoms with van der Waals surface area (Å²) in [6.45, 7) is 13.3. The first-order chi connectivity index (χ1) is 14.8. The molecule has 0 saturated heterocycles. The van der Waals surface area contributed by atoms with Gasteiger partial charge in [-0.15, -0.1) is 0 Å². The first kappa shape index (κ1) is 26.0. The third-order valence-corrected chi connectivity index (χ3v) is 5.72. The molecule has 2 aromatic carbocycles. The van der Waals surface area contributed by atoms with Crippen molar-refractivity contribution >= 4 is 35.0 Å². The van der Waals surface area contributed by atoms with E-state index in [1.54, 1.807) is 25.1 Å². The summed E-state index contributed by atoms with van der Waals surface area (Å²) >= 11 is 12.4. The van der Waals surface area contributed by atoms with E-state index >= 15 is 0 Å². The lowest BCUT2D eigenvalue weighted by Crippen LogP contribution is -2.53. The summed E-state index contributed by atoms with van der Waals surface area (Å²) in [7, 11) is 0. The van der Waals surface area contributed by atoms with Crippen molar-refractivity contribution in [3.05, 3.63) is 62.6 Å². The number of hydrogen-bond acceptors (Lipinski definition) is 3. The highest BCUT2D eigenvalue weighted by Crippen LogP contribution is 2.25. The quantitative estimate of drug-likeness (QED) is 0.560. The second kappa shape index (κ2) is 10.6. The standard InChI is InChI=1S/C25H32Cl2N2O3/c1-15-10-16(2)17(3)22(11-15)32-14-23(30)29(18(4)24(31)28-25(5,6)7)13-19-8-9-20(26)12-21(19)27/h8-12,18H,13-14H2,1-7H3,(H,28,31)/t18-/m0/s1. The maximum atomic E-state index is 13.2. The van der Waals surface area contributed by atoms with Crippen molar-refractivity contribution in [2.75, 3.05) is 6.61 Å². The van der Waals surface area contributed by atoms with Crippen LogP contribution in [0.15, 0.2) is 30.3 Å². The molecular formula is C25H32Cl2N2O3. The molecule has 5 nitrogen and oxygen atoms in total. The minimum atomic E-state index is -0.725. The minimum absolute atomic E-state index is 0.156. The number of carbonyl (C=O) groups is 2. The van der Waals surface area contributed by atoms with E-state index in [0.717, 1.165) is 16.7 Å². The molecule has 2 rings (SSSR count). The van der Waals surface area contributed by atoms with Crippen LogP contribution in [0, 0.1) is 20.8 Å². The first-order valence-electron chi connectivity index (χ1n) is 10.5. The largest absolute Gasteiger partial charge is 0.483 e. The lowest BCUT2D eigenvalue weighted by atomic mass is 10.1. The molecule has 0 radical (unpaired) electrons. The Morgan fingerprint density at radius 3 is 2.34 bits per heavy atom. The van der Waals surface area contributed by atoms with Crippen LogP contribution in [-0.4, -0.2) is 34.9 Å². The van der Waals surface area contributed by atoms with E-state index < -0.39 is 11.6 Å². The van der Waals surface area contributed by atoms with Crippen molar-refractivity contribution in [3.8, 4) is 5.75 Å². The number of ether oxygens (including phenoxy) is 1. The molecule has 1 atom stereocenters. The summed E-state index contributed by atoms with van der Waals surface area (Å²) < 4.78 is 5.88. The number of nitrogens with zero attached hydrogens (tertiary/aromatic N) is 1. The molecule has 7 heteroatoms. The first-order valence-corrected chi connectivity index (χ1v) is 11.3. The Labute approximate surface area is 201 Å². The zero-order valence-electron chi connectivity index (χ0n) is 19.8. The Kier molecular flexibility index (Phi) is 8.60. The average molecular weight is 479 g/mol. The second-order valence-corrected chi connectivity index (χ2v) is 10.0. The predicted octanol–water partition coefficient (Wildman–Crippen LogP) is 5.63. The molecule has 0 fully saturated rings. The fourth-order valence-electron chi connectivity index (χ4n) is 3.26. The summed E-state index contributed by atoms with van der Waals surface area (Å²) in [5.74, 6) is 0.0942. The van der Waals surface area contributed by atoms with E-state index in [4.69, 9.17) is 27.9 Å². The summed E-state index contributed by atoms with van der Waals surface area (Å²) in [5.41, 5.74) is 3.40. The third-order valence-electron chi connectivity index (χ3n) is 5.14. The van der Waals surface area contributed by atoms with Gasteiger partial charge in [0, 0.05) is 22.1 Å².